The molecular formula is C101H82N16O16S5. The van der Waals surface area contributed by atoms with Crippen LogP contribution < -0.4 is 28.3 Å². The maximum Gasteiger partial charge on any atom is 0.337 e. The Kier molecular flexibility index (Phi) is 28.4. The fourth-order valence-electron chi connectivity index (χ4n) is 14.2. The lowest BCUT2D eigenvalue weighted by atomic mass is 10.2. The van der Waals surface area contributed by atoms with Crippen molar-refractivity contribution in [3.63, 3.8) is 0 Å². The third-order valence-corrected chi connectivity index (χ3v) is 27.9. The van der Waals surface area contributed by atoms with E-state index in [0.29, 0.717) is 39.7 Å². The quantitative estimate of drug-likeness (QED) is 0.0292. The fraction of sp³-hybridized carbons (Fsp3) is 0.0297. The Labute approximate surface area is 792 Å². The van der Waals surface area contributed by atoms with Crippen LogP contribution in [0.3, 0.4) is 0 Å². The van der Waals surface area contributed by atoms with Gasteiger partial charge < -0.3 is 19.7 Å². The highest BCUT2D eigenvalue weighted by atomic mass is 32.2. The van der Waals surface area contributed by atoms with Crippen LogP contribution in [0.4, 0.5) is 28.4 Å². The average molecular weight is 1940 g/mol. The minimum absolute atomic E-state index is 0. The number of hydrogen-bond donors (Lipinski definition) is 7. The number of anilines is 5. The predicted molar refractivity (Wildman–Crippen MR) is 530 cm³/mol. The molecule has 37 heteroatoms. The molecule has 0 aliphatic heterocycles. The Morgan fingerprint density at radius 3 is 0.775 bits per heavy atom. The summed E-state index contributed by atoms with van der Waals surface area (Å²) in [5, 5.41) is 27.1. The van der Waals surface area contributed by atoms with E-state index in [4.69, 9.17) is 15.1 Å². The number of para-hydroxylation sites is 10. The normalized spacial score (nSPS) is 11.3. The van der Waals surface area contributed by atoms with Gasteiger partial charge in [0.15, 0.2) is 0 Å². The van der Waals surface area contributed by atoms with Crippen molar-refractivity contribution >= 4 is 146 Å². The second-order valence-corrected chi connectivity index (χ2v) is 38.4. The molecule has 7 N–H and O–H groups in total. The number of methoxy groups -OCH3 is 2. The van der Waals surface area contributed by atoms with Crippen molar-refractivity contribution in [2.24, 2.45) is 0 Å². The van der Waals surface area contributed by atoms with E-state index in [-0.39, 0.29) is 48.8 Å². The molecule has 20 rings (SSSR count). The molecule has 0 saturated carbocycles. The molecule has 0 saturated heterocycles. The number of hydrogen-bond acceptors (Lipinski definition) is 21. The van der Waals surface area contributed by atoms with Crippen LogP contribution in [0.5, 0.6) is 11.5 Å². The number of nitriles is 1. The van der Waals surface area contributed by atoms with Gasteiger partial charge in [0, 0.05) is 28.4 Å². The second kappa shape index (κ2) is 41.3. The molecule has 0 aliphatic rings. The van der Waals surface area contributed by atoms with Crippen LogP contribution in [0.25, 0.3) is 83.6 Å². The summed E-state index contributed by atoms with van der Waals surface area (Å²) in [6.07, 6.45) is 8.52. The Balaban J connectivity index is 0.000000131. The van der Waals surface area contributed by atoms with Gasteiger partial charge in [0.1, 0.15) is 43.1 Å². The summed E-state index contributed by atoms with van der Waals surface area (Å²) in [5.41, 5.74) is 15.7. The van der Waals surface area contributed by atoms with Crippen LogP contribution in [-0.2, 0) is 54.9 Å². The molecule has 0 bridgehead atoms. The van der Waals surface area contributed by atoms with E-state index in [0.717, 1.165) is 83.6 Å². The SMILES string of the molecule is C.COC(=O)c1ccc(S(=O)(=O)Nc2cccc(-n3cnc4ccccc43)c2)cc1.COc1ccc(S(=O)(=O)Nc2cccc(-n3cnc4ccccc43)c2)cc1.N#Cc1ccc(S(=O)(=O)Nc2cccc(-n3cnc4ccccc43)c2)cc1.O=C(O)c1ccc(S(=O)(=O)Nc2cccc(-n3cnc4ccccc43)c2)cc1.O=S(=O)(Nc1cccc(-n2cnc3ccccc32)c1)c1ccc(O)cc1. The van der Waals surface area contributed by atoms with Crippen molar-refractivity contribution in [1.82, 2.24) is 47.8 Å². The largest absolute Gasteiger partial charge is 0.508 e. The van der Waals surface area contributed by atoms with Crippen LogP contribution in [0.15, 0.2) is 420 Å². The summed E-state index contributed by atoms with van der Waals surface area (Å²) in [7, 11) is -16.1. The molecule has 15 aromatic carbocycles. The molecule has 5 aromatic heterocycles. The summed E-state index contributed by atoms with van der Waals surface area (Å²) in [4.78, 5) is 44.6. The van der Waals surface area contributed by atoms with Crippen molar-refractivity contribution in [2.75, 3.05) is 37.8 Å². The van der Waals surface area contributed by atoms with Gasteiger partial charge in [-0.25, -0.2) is 76.6 Å². The fourth-order valence-corrected chi connectivity index (χ4v) is 19.5. The number of ether oxygens (including phenoxy) is 2. The van der Waals surface area contributed by atoms with E-state index in [1.54, 1.807) is 135 Å². The zero-order chi connectivity index (χ0) is 96.0. The van der Waals surface area contributed by atoms with Crippen LogP contribution in [0.2, 0.25) is 0 Å². The number of imidazole rings is 5. The summed E-state index contributed by atoms with van der Waals surface area (Å²) >= 11 is 0. The van der Waals surface area contributed by atoms with Gasteiger partial charge in [-0.15, -0.1) is 0 Å². The number of phenolic OH excluding ortho intramolecular Hbond substituents is 1. The first-order valence-corrected chi connectivity index (χ1v) is 48.7. The number of fused-ring (bicyclic) bond motifs is 5. The molecule has 0 aliphatic carbocycles. The Morgan fingerprint density at radius 2 is 0.536 bits per heavy atom. The van der Waals surface area contributed by atoms with Gasteiger partial charge in [-0.3, -0.25) is 46.4 Å². The molecule has 0 unspecified atom stereocenters. The summed E-state index contributed by atoms with van der Waals surface area (Å²) in [6.45, 7) is 0. The lowest BCUT2D eigenvalue weighted by molar-refractivity contribution is 0.0599. The topological polar surface area (TPSA) is 437 Å². The number of sulfonamides is 5. The number of rotatable bonds is 23. The third kappa shape index (κ3) is 22.2. The van der Waals surface area contributed by atoms with Gasteiger partial charge >= 0.3 is 11.9 Å². The molecule has 32 nitrogen and oxygen atoms in total. The number of carbonyl (C=O) groups excluding carboxylic acids is 1. The van der Waals surface area contributed by atoms with E-state index < -0.39 is 62.1 Å². The lowest BCUT2D eigenvalue weighted by Gasteiger charge is -2.11. The van der Waals surface area contributed by atoms with E-state index in [2.05, 4.69) is 53.3 Å². The zero-order valence-corrected chi connectivity index (χ0v) is 76.2. The molecule has 5 heterocycles. The Bertz CT molecular complexity index is 8530. The van der Waals surface area contributed by atoms with Gasteiger partial charge in [0.2, 0.25) is 0 Å². The highest BCUT2D eigenvalue weighted by Gasteiger charge is 2.23. The van der Waals surface area contributed by atoms with Crippen LogP contribution >= 0.6 is 0 Å². The molecule has 0 amide bonds. The standard InChI is InChI=1S/C21H17N3O4S.C20H14N4O2S.C20H15N3O4S.C20H17N3O3S.C19H15N3O3S.CH4/c1-28-21(25)15-9-11-18(12-10-15)29(26,27)23-16-5-4-6-17(13-16)24-14-22-19-7-2-3-8-20(19)24;21-13-15-8-10-18(11-9-15)27(25,26)23-16-4-3-5-17(12-16)24-14-22-19-6-1-2-7-20(19)24;24-20(25)14-8-10-17(11-9-14)28(26,27)22-15-4-3-5-16(12-15)23-13-21-18-6-1-2-7-19(18)23;1-26-17-9-11-18(12-10-17)27(24,25)22-15-5-4-6-16(13-15)23-14-21-19-7-2-3-8-20(19)23;23-16-8-10-17(11-9-16)26(24,25)21-14-4-3-5-15(12-14)22-13-20-18-6-1-2-7-19(18)22;/h2-14,23H,1H3;1-12,14,23H;1-13,22H,(H,24,25);2-14,22H,1H3;1-13,21,23H;1H4. The van der Waals surface area contributed by atoms with Gasteiger partial charge in [-0.1, -0.05) is 98.4 Å². The number of esters is 1. The zero-order valence-electron chi connectivity index (χ0n) is 72.1. The highest BCUT2D eigenvalue weighted by Crippen LogP contribution is 2.32. The molecular weight excluding hydrogens is 1850 g/mol. The molecule has 692 valence electrons. The first-order chi connectivity index (χ1) is 66.1. The Morgan fingerprint density at radius 1 is 0.304 bits per heavy atom. The first kappa shape index (κ1) is 95.1. The smallest absolute Gasteiger partial charge is 0.337 e. The summed E-state index contributed by atoms with van der Waals surface area (Å²) < 4.78 is 158. The number of aromatic carboxylic acids is 1. The van der Waals surface area contributed by atoms with Crippen molar-refractivity contribution < 1.29 is 71.4 Å². The van der Waals surface area contributed by atoms with E-state index in [1.807, 2.05) is 181 Å². The van der Waals surface area contributed by atoms with Crippen LogP contribution in [-0.4, -0.2) is 126 Å². The molecule has 0 fully saturated rings. The number of nitrogens with zero attached hydrogens (tertiary/aromatic N) is 11. The summed E-state index contributed by atoms with van der Waals surface area (Å²) in [6, 6.07) is 104. The minimum Gasteiger partial charge on any atom is -0.508 e. The van der Waals surface area contributed by atoms with Crippen LogP contribution in [0, 0.1) is 11.3 Å². The van der Waals surface area contributed by atoms with Gasteiger partial charge in [0.25, 0.3) is 50.1 Å². The minimum atomic E-state index is -3.85. The predicted octanol–water partition coefficient (Wildman–Crippen LogP) is 18.8. The number of carboxylic acids is 1. The third-order valence-electron chi connectivity index (χ3n) is 21.0. The number of carboxylic acid groups (broad SMARTS) is 1. The van der Waals surface area contributed by atoms with Crippen molar-refractivity contribution in [2.45, 2.75) is 31.9 Å². The van der Waals surface area contributed by atoms with E-state index in [9.17, 15) is 56.8 Å². The highest BCUT2D eigenvalue weighted by molar-refractivity contribution is 7.94. The van der Waals surface area contributed by atoms with E-state index in [1.165, 1.54) is 123 Å². The first-order valence-electron chi connectivity index (χ1n) is 41.3. The number of nitrogens with one attached hydrogen (secondary N) is 5. The number of phenols is 1. The van der Waals surface area contributed by atoms with Gasteiger partial charge in [-0.05, 0) is 273 Å². The monoisotopic (exact) mass is 1930 g/mol. The maximum absolute atomic E-state index is 12.7. The number of carbonyl (C=O) groups is 2. The number of aromatic nitrogens is 10. The average Bonchev–Trinajstić information content (AvgIpc) is 1.61. The summed E-state index contributed by atoms with van der Waals surface area (Å²) in [5.74, 6) is -1.03. The van der Waals surface area contributed by atoms with Crippen LogP contribution in [0.1, 0.15) is 33.7 Å². The number of aromatic hydroxyl groups is 1. The van der Waals surface area contributed by atoms with Crippen molar-refractivity contribution in [1.29, 1.82) is 5.26 Å². The van der Waals surface area contributed by atoms with Gasteiger partial charge in [0.05, 0.1) is 145 Å². The molecule has 138 heavy (non-hydrogen) atoms. The lowest BCUT2D eigenvalue weighted by Crippen LogP contribution is -2.13. The van der Waals surface area contributed by atoms with Crippen molar-refractivity contribution in [3.8, 4) is 46.0 Å². The number of benzene rings is 15. The Hall–Kier alpha value is -17.6. The second-order valence-electron chi connectivity index (χ2n) is 29.9. The molecule has 0 spiro atoms. The van der Waals surface area contributed by atoms with E-state index >= 15 is 0 Å². The van der Waals surface area contributed by atoms with Crippen molar-refractivity contribution in [3.05, 3.63) is 412 Å². The molecule has 0 atom stereocenters. The van der Waals surface area contributed by atoms with Gasteiger partial charge in [-0.2, -0.15) is 5.26 Å². The molecule has 20 aromatic rings. The molecule has 0 radical (unpaired) electrons. The maximum atomic E-state index is 12.7.